The van der Waals surface area contributed by atoms with Gasteiger partial charge in [-0.25, -0.2) is 0 Å². The summed E-state index contributed by atoms with van der Waals surface area (Å²) in [6.07, 6.45) is 1.02. The fourth-order valence-electron chi connectivity index (χ4n) is 2.01. The van der Waals surface area contributed by atoms with Crippen molar-refractivity contribution in [2.75, 3.05) is 6.61 Å². The smallest absolute Gasteiger partial charge is 0.0459 e. The van der Waals surface area contributed by atoms with E-state index in [1.807, 2.05) is 6.07 Å². The van der Waals surface area contributed by atoms with E-state index in [0.29, 0.717) is 12.5 Å². The Kier molecular flexibility index (Phi) is 4.55. The normalized spacial score (nSPS) is 13.9. The highest BCUT2D eigenvalue weighted by Gasteiger charge is 2.19. The van der Waals surface area contributed by atoms with Gasteiger partial charge in [0.25, 0.3) is 0 Å². The Morgan fingerprint density at radius 1 is 1.13 bits per heavy atom. The molecule has 0 fully saturated rings. The molecule has 0 amide bonds. The van der Waals surface area contributed by atoms with E-state index in [1.165, 1.54) is 11.6 Å². The van der Waals surface area contributed by atoms with Crippen molar-refractivity contribution >= 4 is 8.07 Å². The fraction of sp³-hybridized carbons (Fsp3) is 0.538. The van der Waals surface area contributed by atoms with Crippen molar-refractivity contribution in [3.63, 3.8) is 0 Å². The van der Waals surface area contributed by atoms with Crippen LogP contribution < -0.4 is 0 Å². The van der Waals surface area contributed by atoms with Gasteiger partial charge in [-0.05, 0) is 17.9 Å². The zero-order valence-corrected chi connectivity index (χ0v) is 11.0. The van der Waals surface area contributed by atoms with Crippen LogP contribution in [-0.2, 0) is 6.42 Å². The van der Waals surface area contributed by atoms with Crippen molar-refractivity contribution in [3.05, 3.63) is 35.9 Å². The van der Waals surface area contributed by atoms with Crippen LogP contribution in [0.5, 0.6) is 0 Å². The first-order valence-electron chi connectivity index (χ1n) is 5.66. The minimum atomic E-state index is -1.06. The summed E-state index contributed by atoms with van der Waals surface area (Å²) in [7, 11) is -1.06. The maximum Gasteiger partial charge on any atom is 0.0459 e. The summed E-state index contributed by atoms with van der Waals surface area (Å²) < 4.78 is 0. The van der Waals surface area contributed by atoms with Gasteiger partial charge in [-0.3, -0.25) is 0 Å². The third-order valence-electron chi connectivity index (χ3n) is 2.53. The molecular weight excluding hydrogens is 200 g/mol. The molecule has 0 saturated carbocycles. The van der Waals surface area contributed by atoms with Crippen molar-refractivity contribution < 1.29 is 5.11 Å². The lowest BCUT2D eigenvalue weighted by atomic mass is 10.0. The zero-order chi connectivity index (χ0) is 11.3. The predicted molar refractivity (Wildman–Crippen MR) is 68.9 cm³/mol. The molecule has 0 saturated heterocycles. The molecule has 0 aliphatic rings. The minimum absolute atomic E-state index is 0.319. The molecule has 84 valence electrons. The molecule has 15 heavy (non-hydrogen) atoms. The first-order valence-corrected chi connectivity index (χ1v) is 9.37. The van der Waals surface area contributed by atoms with E-state index in [-0.39, 0.29) is 0 Å². The molecule has 0 heterocycles. The number of aliphatic hydroxyl groups is 1. The van der Waals surface area contributed by atoms with E-state index in [2.05, 4.69) is 43.9 Å². The number of rotatable bonds is 5. The second-order valence-corrected chi connectivity index (χ2v) is 11.0. The summed E-state index contributed by atoms with van der Waals surface area (Å²) in [6, 6.07) is 11.7. The highest BCUT2D eigenvalue weighted by molar-refractivity contribution is 6.76. The largest absolute Gasteiger partial charge is 0.396 e. The Morgan fingerprint density at radius 3 is 2.20 bits per heavy atom. The summed E-state index contributed by atoms with van der Waals surface area (Å²) in [5, 5.41) is 9.37. The molecule has 1 nitrogen and oxygen atoms in total. The lowest BCUT2D eigenvalue weighted by Gasteiger charge is -2.23. The van der Waals surface area contributed by atoms with Gasteiger partial charge in [-0.2, -0.15) is 0 Å². The van der Waals surface area contributed by atoms with Gasteiger partial charge in [0.2, 0.25) is 0 Å². The molecule has 1 unspecified atom stereocenters. The van der Waals surface area contributed by atoms with Gasteiger partial charge in [-0.1, -0.05) is 56.0 Å². The molecular formula is C13H22OSi. The Hall–Kier alpha value is -0.603. The lowest BCUT2D eigenvalue weighted by molar-refractivity contribution is 0.236. The molecule has 0 spiro atoms. The standard InChI is InChI=1S/C13H22OSi/c1-15(2,3)11-13(10-14)9-12-7-5-4-6-8-12/h4-8,13-14H,9-11H2,1-3H3. The molecule has 2 heteroatoms. The topological polar surface area (TPSA) is 20.2 Å². The number of benzene rings is 1. The Morgan fingerprint density at radius 2 is 1.73 bits per heavy atom. The van der Waals surface area contributed by atoms with Crippen LogP contribution >= 0.6 is 0 Å². The van der Waals surface area contributed by atoms with Gasteiger partial charge in [0.05, 0.1) is 0 Å². The second-order valence-electron chi connectivity index (χ2n) is 5.50. The van der Waals surface area contributed by atoms with Crippen molar-refractivity contribution in [1.82, 2.24) is 0 Å². The van der Waals surface area contributed by atoms with Crippen molar-refractivity contribution in [1.29, 1.82) is 0 Å². The average molecular weight is 222 g/mol. The molecule has 0 radical (unpaired) electrons. The van der Waals surface area contributed by atoms with Crippen LogP contribution in [0.1, 0.15) is 5.56 Å². The van der Waals surface area contributed by atoms with Crippen molar-refractivity contribution in [2.45, 2.75) is 32.1 Å². The molecule has 0 aliphatic carbocycles. The van der Waals surface area contributed by atoms with E-state index >= 15 is 0 Å². The van der Waals surface area contributed by atoms with Gasteiger partial charge < -0.3 is 5.11 Å². The molecule has 0 aromatic heterocycles. The summed E-state index contributed by atoms with van der Waals surface area (Å²) in [5.74, 6) is 0.444. The molecule has 0 bridgehead atoms. The monoisotopic (exact) mass is 222 g/mol. The summed E-state index contributed by atoms with van der Waals surface area (Å²) >= 11 is 0. The number of aliphatic hydroxyl groups excluding tert-OH is 1. The molecule has 1 aromatic carbocycles. The Bertz CT molecular complexity index is 276. The Balaban J connectivity index is 2.55. The van der Waals surface area contributed by atoms with Crippen molar-refractivity contribution in [2.24, 2.45) is 5.92 Å². The van der Waals surface area contributed by atoms with Gasteiger partial charge in [0, 0.05) is 14.7 Å². The molecule has 0 aliphatic heterocycles. The van der Waals surface area contributed by atoms with E-state index in [9.17, 15) is 5.11 Å². The SMILES string of the molecule is C[Si](C)(C)CC(CO)Cc1ccccc1. The fourth-order valence-corrected chi connectivity index (χ4v) is 4.02. The van der Waals surface area contributed by atoms with Crippen molar-refractivity contribution in [3.8, 4) is 0 Å². The number of hydrogen-bond acceptors (Lipinski definition) is 1. The molecule has 1 N–H and O–H groups in total. The minimum Gasteiger partial charge on any atom is -0.396 e. The van der Waals surface area contributed by atoms with E-state index in [1.54, 1.807) is 0 Å². The average Bonchev–Trinajstić information content (AvgIpc) is 2.16. The maximum absolute atomic E-state index is 9.37. The van der Waals surface area contributed by atoms with Crippen LogP contribution in [0.15, 0.2) is 30.3 Å². The maximum atomic E-state index is 9.37. The van der Waals surface area contributed by atoms with Crippen LogP contribution in [0, 0.1) is 5.92 Å². The Labute approximate surface area is 94.2 Å². The van der Waals surface area contributed by atoms with Gasteiger partial charge in [-0.15, -0.1) is 0 Å². The van der Waals surface area contributed by atoms with Crippen LogP contribution in [0.2, 0.25) is 25.7 Å². The third kappa shape index (κ3) is 5.14. The van der Waals surface area contributed by atoms with E-state index < -0.39 is 8.07 Å². The highest BCUT2D eigenvalue weighted by atomic mass is 28.3. The summed E-state index contributed by atoms with van der Waals surface area (Å²) in [5.41, 5.74) is 1.34. The van der Waals surface area contributed by atoms with Gasteiger partial charge in [0.15, 0.2) is 0 Å². The van der Waals surface area contributed by atoms with Gasteiger partial charge >= 0.3 is 0 Å². The number of hydrogen-bond donors (Lipinski definition) is 1. The van der Waals surface area contributed by atoms with Crippen LogP contribution in [0.3, 0.4) is 0 Å². The van der Waals surface area contributed by atoms with Crippen LogP contribution in [0.25, 0.3) is 0 Å². The zero-order valence-electron chi connectivity index (χ0n) is 10.0. The van der Waals surface area contributed by atoms with E-state index in [0.717, 1.165) is 6.42 Å². The summed E-state index contributed by atoms with van der Waals surface area (Å²) in [6.45, 7) is 7.40. The van der Waals surface area contributed by atoms with Gasteiger partial charge in [0.1, 0.15) is 0 Å². The van der Waals surface area contributed by atoms with Crippen LogP contribution in [0.4, 0.5) is 0 Å². The lowest BCUT2D eigenvalue weighted by Crippen LogP contribution is -2.26. The predicted octanol–water partition coefficient (Wildman–Crippen LogP) is 3.18. The third-order valence-corrected chi connectivity index (χ3v) is 4.33. The molecule has 1 atom stereocenters. The first-order chi connectivity index (χ1) is 7.01. The van der Waals surface area contributed by atoms with E-state index in [4.69, 9.17) is 0 Å². The second kappa shape index (κ2) is 5.47. The molecule has 1 rings (SSSR count). The molecule has 1 aromatic rings. The quantitative estimate of drug-likeness (QED) is 0.759. The summed E-state index contributed by atoms with van der Waals surface area (Å²) in [4.78, 5) is 0. The highest BCUT2D eigenvalue weighted by Crippen LogP contribution is 2.20. The first kappa shape index (κ1) is 12.5. The van der Waals surface area contributed by atoms with Crippen LogP contribution in [-0.4, -0.2) is 19.8 Å².